The predicted molar refractivity (Wildman–Crippen MR) is 64.6 cm³/mol. The van der Waals surface area contributed by atoms with Gasteiger partial charge in [-0.3, -0.25) is 5.84 Å². The van der Waals surface area contributed by atoms with Crippen LogP contribution in [0.1, 0.15) is 19.4 Å². The van der Waals surface area contributed by atoms with E-state index in [-0.39, 0.29) is 10.4 Å². The van der Waals surface area contributed by atoms with Crippen LogP contribution in [0.4, 0.5) is 4.39 Å². The summed E-state index contributed by atoms with van der Waals surface area (Å²) in [6.07, 6.45) is 0. The van der Waals surface area contributed by atoms with Crippen molar-refractivity contribution in [3.05, 3.63) is 34.6 Å². The summed E-state index contributed by atoms with van der Waals surface area (Å²) in [4.78, 5) is 0. The minimum Gasteiger partial charge on any atom is -0.303 e. The second kappa shape index (κ2) is 5.59. The fourth-order valence-corrected chi connectivity index (χ4v) is 1.65. The van der Waals surface area contributed by atoms with Gasteiger partial charge in [0, 0.05) is 12.0 Å². The van der Waals surface area contributed by atoms with Gasteiger partial charge >= 0.3 is 0 Å². The number of hydrazine groups is 1. The van der Waals surface area contributed by atoms with Crippen molar-refractivity contribution in [1.82, 2.24) is 10.7 Å². The number of hydrogen-bond acceptors (Lipinski definition) is 3. The molecule has 0 atom stereocenters. The van der Waals surface area contributed by atoms with Gasteiger partial charge in [-0.25, -0.2) is 9.82 Å². The monoisotopic (exact) mass is 245 g/mol. The van der Waals surface area contributed by atoms with E-state index in [1.807, 2.05) is 0 Å². The second-order valence-corrected chi connectivity index (χ2v) is 4.73. The van der Waals surface area contributed by atoms with Gasteiger partial charge in [0.25, 0.3) is 0 Å². The van der Waals surface area contributed by atoms with Crippen LogP contribution in [0, 0.1) is 5.82 Å². The Morgan fingerprint density at radius 3 is 2.69 bits per heavy atom. The van der Waals surface area contributed by atoms with E-state index in [4.69, 9.17) is 17.4 Å². The quantitative estimate of drug-likeness (QED) is 0.321. The Bertz CT molecular complexity index is 355. The van der Waals surface area contributed by atoms with Crippen molar-refractivity contribution in [3.63, 3.8) is 0 Å². The van der Waals surface area contributed by atoms with Crippen molar-refractivity contribution < 1.29 is 4.39 Å². The summed E-state index contributed by atoms with van der Waals surface area (Å²) in [5.41, 5.74) is 3.37. The molecule has 0 amide bonds. The van der Waals surface area contributed by atoms with Crippen molar-refractivity contribution in [2.24, 2.45) is 5.84 Å². The normalized spacial score (nSPS) is 11.8. The number of hydrogen-bond donors (Lipinski definition) is 3. The Labute approximate surface area is 100 Å². The molecule has 0 spiro atoms. The van der Waals surface area contributed by atoms with Crippen LogP contribution in [0.25, 0.3) is 0 Å². The van der Waals surface area contributed by atoms with Gasteiger partial charge in [-0.05, 0) is 17.7 Å². The van der Waals surface area contributed by atoms with Crippen LogP contribution in [0.2, 0.25) is 5.02 Å². The van der Waals surface area contributed by atoms with E-state index in [1.54, 1.807) is 12.1 Å². The minimum absolute atomic E-state index is 0.131. The zero-order chi connectivity index (χ0) is 12.2. The molecular formula is C11H17ClFN3. The highest BCUT2D eigenvalue weighted by Crippen LogP contribution is 2.26. The zero-order valence-corrected chi connectivity index (χ0v) is 10.2. The lowest BCUT2D eigenvalue weighted by atomic mass is 9.84. The number of benzene rings is 1. The molecule has 0 unspecified atom stereocenters. The maximum Gasteiger partial charge on any atom is 0.141 e. The number of nitrogens with one attached hydrogen (secondary N) is 2. The van der Waals surface area contributed by atoms with Crippen LogP contribution in [0.3, 0.4) is 0 Å². The molecule has 3 nitrogen and oxygen atoms in total. The van der Waals surface area contributed by atoms with E-state index in [0.29, 0.717) is 6.67 Å². The van der Waals surface area contributed by atoms with Crippen molar-refractivity contribution in [1.29, 1.82) is 0 Å². The second-order valence-electron chi connectivity index (χ2n) is 4.32. The van der Waals surface area contributed by atoms with Crippen molar-refractivity contribution in [2.75, 3.05) is 13.2 Å². The minimum atomic E-state index is -0.391. The predicted octanol–water partition coefficient (Wildman–Crippen LogP) is 1.77. The van der Waals surface area contributed by atoms with Gasteiger partial charge in [0.2, 0.25) is 0 Å². The fraction of sp³-hybridized carbons (Fsp3) is 0.455. The largest absolute Gasteiger partial charge is 0.303 e. The Hall–Kier alpha value is -0.680. The molecular weight excluding hydrogens is 229 g/mol. The summed E-state index contributed by atoms with van der Waals surface area (Å²) in [5.74, 6) is 4.77. The summed E-state index contributed by atoms with van der Waals surface area (Å²) in [6, 6.07) is 4.80. The van der Waals surface area contributed by atoms with E-state index >= 15 is 0 Å². The van der Waals surface area contributed by atoms with Crippen LogP contribution in [0.15, 0.2) is 18.2 Å². The van der Waals surface area contributed by atoms with Gasteiger partial charge < -0.3 is 5.32 Å². The zero-order valence-electron chi connectivity index (χ0n) is 9.48. The number of rotatable bonds is 5. The molecule has 0 saturated carbocycles. The summed E-state index contributed by atoms with van der Waals surface area (Å²) in [6.45, 7) is 5.36. The average Bonchev–Trinajstić information content (AvgIpc) is 2.22. The highest BCUT2D eigenvalue weighted by atomic mass is 35.5. The molecule has 0 radical (unpaired) electrons. The molecule has 1 rings (SSSR count). The molecule has 1 aromatic carbocycles. The third-order valence-corrected chi connectivity index (χ3v) is 2.78. The average molecular weight is 246 g/mol. The van der Waals surface area contributed by atoms with Gasteiger partial charge in [-0.15, -0.1) is 0 Å². The smallest absolute Gasteiger partial charge is 0.141 e. The molecule has 16 heavy (non-hydrogen) atoms. The van der Waals surface area contributed by atoms with Crippen LogP contribution in [-0.2, 0) is 5.41 Å². The lowest BCUT2D eigenvalue weighted by Crippen LogP contribution is -2.40. The number of halogens is 2. The molecule has 5 heteroatoms. The Balaban J connectivity index is 2.76. The first-order valence-corrected chi connectivity index (χ1v) is 5.45. The Morgan fingerprint density at radius 1 is 1.44 bits per heavy atom. The topological polar surface area (TPSA) is 50.1 Å². The van der Waals surface area contributed by atoms with E-state index in [1.165, 1.54) is 6.07 Å². The molecule has 4 N–H and O–H groups in total. The molecule has 1 aromatic rings. The van der Waals surface area contributed by atoms with E-state index in [0.717, 1.165) is 12.1 Å². The third kappa shape index (κ3) is 3.42. The summed E-state index contributed by atoms with van der Waals surface area (Å²) >= 11 is 5.75. The molecule has 0 aromatic heterocycles. The molecule has 0 fully saturated rings. The van der Waals surface area contributed by atoms with Gasteiger partial charge in [0.15, 0.2) is 0 Å². The molecule has 0 heterocycles. The van der Waals surface area contributed by atoms with Crippen LogP contribution in [-0.4, -0.2) is 13.2 Å². The summed E-state index contributed by atoms with van der Waals surface area (Å²) in [7, 11) is 0. The first kappa shape index (κ1) is 13.4. The van der Waals surface area contributed by atoms with E-state index in [9.17, 15) is 4.39 Å². The lowest BCUT2D eigenvalue weighted by Gasteiger charge is -2.26. The Morgan fingerprint density at radius 2 is 2.12 bits per heavy atom. The Kier molecular flexibility index (Phi) is 4.68. The summed E-state index contributed by atoms with van der Waals surface area (Å²) in [5, 5.41) is 3.29. The summed E-state index contributed by atoms with van der Waals surface area (Å²) < 4.78 is 13.0. The molecule has 0 aliphatic heterocycles. The molecule has 0 aliphatic rings. The first-order chi connectivity index (χ1) is 7.47. The standard InChI is InChI=1S/C11H17ClFN3/c1-11(2,6-15-7-16-14)8-3-4-10(13)9(12)5-8/h3-5,15-16H,6-7,14H2,1-2H3. The SMILES string of the molecule is CC(C)(CNCNN)c1ccc(F)c(Cl)c1. The lowest BCUT2D eigenvalue weighted by molar-refractivity contribution is 0.454. The molecule has 90 valence electrons. The first-order valence-electron chi connectivity index (χ1n) is 5.07. The maximum absolute atomic E-state index is 13.0. The highest BCUT2D eigenvalue weighted by molar-refractivity contribution is 6.30. The van der Waals surface area contributed by atoms with Crippen molar-refractivity contribution in [2.45, 2.75) is 19.3 Å². The van der Waals surface area contributed by atoms with Crippen molar-refractivity contribution >= 4 is 11.6 Å². The molecule has 0 saturated heterocycles. The fourth-order valence-electron chi connectivity index (χ4n) is 1.47. The van der Waals surface area contributed by atoms with Gasteiger partial charge in [0.05, 0.1) is 11.7 Å². The van der Waals surface area contributed by atoms with Crippen LogP contribution in [0.5, 0.6) is 0 Å². The van der Waals surface area contributed by atoms with Crippen LogP contribution < -0.4 is 16.6 Å². The number of nitrogens with two attached hydrogens (primary N) is 1. The molecule has 0 bridgehead atoms. The highest BCUT2D eigenvalue weighted by Gasteiger charge is 2.20. The van der Waals surface area contributed by atoms with E-state index in [2.05, 4.69) is 24.6 Å². The molecule has 0 aliphatic carbocycles. The third-order valence-electron chi connectivity index (χ3n) is 2.50. The van der Waals surface area contributed by atoms with Gasteiger partial charge in [0.1, 0.15) is 5.82 Å². The van der Waals surface area contributed by atoms with Crippen LogP contribution >= 0.6 is 11.6 Å². The van der Waals surface area contributed by atoms with Crippen molar-refractivity contribution in [3.8, 4) is 0 Å². The van der Waals surface area contributed by atoms with Gasteiger partial charge in [-0.1, -0.05) is 31.5 Å². The maximum atomic E-state index is 13.0. The van der Waals surface area contributed by atoms with Gasteiger partial charge in [-0.2, -0.15) is 0 Å². The van der Waals surface area contributed by atoms with E-state index < -0.39 is 5.82 Å².